The van der Waals surface area contributed by atoms with Gasteiger partial charge in [0.2, 0.25) is 0 Å². The lowest BCUT2D eigenvalue weighted by atomic mass is 10.1. The lowest BCUT2D eigenvalue weighted by Gasteiger charge is -2.35. The second-order valence-electron chi connectivity index (χ2n) is 16.3. The first-order chi connectivity index (χ1) is 26.3. The molecular weight excluding hydrogens is 700 g/mol. The van der Waals surface area contributed by atoms with E-state index in [9.17, 15) is 9.59 Å². The zero-order chi connectivity index (χ0) is 39.5. The van der Waals surface area contributed by atoms with Gasteiger partial charge in [-0.3, -0.25) is 9.80 Å². The highest BCUT2D eigenvalue weighted by atomic mass is 16.6. The van der Waals surface area contributed by atoms with E-state index in [1.165, 1.54) is 0 Å². The molecule has 0 aromatic heterocycles. The summed E-state index contributed by atoms with van der Waals surface area (Å²) >= 11 is 0. The number of nitrogens with one attached hydrogen (secondary N) is 2. The van der Waals surface area contributed by atoms with Crippen molar-refractivity contribution >= 4 is 23.6 Å². The van der Waals surface area contributed by atoms with Crippen LogP contribution in [0.5, 0.6) is 0 Å². The summed E-state index contributed by atoms with van der Waals surface area (Å²) in [5, 5.41) is 7.06. The van der Waals surface area contributed by atoms with E-state index in [2.05, 4.69) is 69.0 Å². The molecule has 0 saturated carbocycles. The van der Waals surface area contributed by atoms with Crippen LogP contribution in [-0.4, -0.2) is 148 Å². The lowest BCUT2D eigenvalue weighted by Crippen LogP contribution is -2.49. The molecule has 13 heteroatoms. The summed E-state index contributed by atoms with van der Waals surface area (Å²) in [6.45, 7) is 22.2. The van der Waals surface area contributed by atoms with Crippen LogP contribution in [-0.2, 0) is 36.8 Å². The molecule has 13 nitrogen and oxygen atoms in total. The third kappa shape index (κ3) is 18.3. The number of carbonyl (C=O) groups excluding carboxylic acids is 2. The highest BCUT2D eigenvalue weighted by Gasteiger charge is 2.27. The summed E-state index contributed by atoms with van der Waals surface area (Å²) in [6.07, 6.45) is 1.11. The van der Waals surface area contributed by atoms with Crippen molar-refractivity contribution in [3.63, 3.8) is 0 Å². The minimum absolute atomic E-state index is 0.316. The van der Waals surface area contributed by atoms with Crippen molar-refractivity contribution in [1.82, 2.24) is 19.6 Å². The Balaban J connectivity index is 1.59. The molecular formula is C42H68N6O7. The van der Waals surface area contributed by atoms with E-state index in [4.69, 9.17) is 23.7 Å². The number of nitrogens with zero attached hydrogens (tertiary/aromatic N) is 4. The topological polar surface area (TPSA) is 117 Å². The first kappa shape index (κ1) is 44.1. The van der Waals surface area contributed by atoms with Crippen LogP contribution in [0.3, 0.4) is 0 Å². The molecule has 3 heterocycles. The van der Waals surface area contributed by atoms with E-state index < -0.39 is 11.2 Å². The number of anilines is 2. The van der Waals surface area contributed by atoms with Crippen molar-refractivity contribution in [3.05, 3.63) is 59.7 Å². The summed E-state index contributed by atoms with van der Waals surface area (Å²) < 4.78 is 29.0. The molecule has 3 aliphatic heterocycles. The molecule has 0 radical (unpaired) electrons. The number of carbonyl (C=O) groups is 2. The van der Waals surface area contributed by atoms with Gasteiger partial charge in [0, 0.05) is 103 Å². The molecule has 6 bridgehead atoms. The Labute approximate surface area is 329 Å². The molecule has 0 aliphatic carbocycles. The molecule has 0 unspecified atom stereocenters. The molecule has 3 aliphatic rings. The van der Waals surface area contributed by atoms with Gasteiger partial charge in [0.15, 0.2) is 0 Å². The fraction of sp³-hybridized carbons (Fsp3) is 0.667. The highest BCUT2D eigenvalue weighted by Crippen LogP contribution is 2.18. The normalized spacial score (nSPS) is 21.4. The minimum atomic E-state index is -0.614. The summed E-state index contributed by atoms with van der Waals surface area (Å²) in [5.74, 6) is 0. The zero-order valence-electron chi connectivity index (χ0n) is 34.4. The fourth-order valence-corrected chi connectivity index (χ4v) is 6.26. The van der Waals surface area contributed by atoms with Crippen molar-refractivity contribution < 1.29 is 33.3 Å². The predicted octanol–water partition coefficient (Wildman–Crippen LogP) is 6.15. The SMILES string of the molecule is CC(C)(C)OC(=O)N1CCN2CCN(C(=O)OC(C)(C)C)CCN(CC1)Cc1cccc(c1)NCCCOCCOCCOCCCNc1cccc(c1)C2. The Hall–Kier alpha value is -3.62. The van der Waals surface area contributed by atoms with Gasteiger partial charge in [-0.1, -0.05) is 24.3 Å². The zero-order valence-corrected chi connectivity index (χ0v) is 34.4. The molecule has 0 atom stereocenters. The van der Waals surface area contributed by atoms with E-state index in [0.717, 1.165) is 48.4 Å². The van der Waals surface area contributed by atoms with E-state index in [0.29, 0.717) is 105 Å². The molecule has 308 valence electrons. The molecule has 2 aromatic rings. The second kappa shape index (κ2) is 22.8. The van der Waals surface area contributed by atoms with E-state index in [-0.39, 0.29) is 12.2 Å². The largest absolute Gasteiger partial charge is 0.444 e. The summed E-state index contributed by atoms with van der Waals surface area (Å²) in [5.41, 5.74) is 3.15. The van der Waals surface area contributed by atoms with E-state index >= 15 is 0 Å². The number of ether oxygens (including phenoxy) is 5. The Kier molecular flexibility index (Phi) is 18.3. The number of hydrogen-bond acceptors (Lipinski definition) is 11. The van der Waals surface area contributed by atoms with E-state index in [1.807, 2.05) is 51.3 Å². The van der Waals surface area contributed by atoms with Crippen LogP contribution in [0.25, 0.3) is 0 Å². The third-order valence-corrected chi connectivity index (χ3v) is 9.05. The molecule has 0 spiro atoms. The Bertz CT molecular complexity index is 1310. The quantitative estimate of drug-likeness (QED) is 0.301. The fourth-order valence-electron chi connectivity index (χ4n) is 6.26. The smallest absolute Gasteiger partial charge is 0.410 e. The van der Waals surface area contributed by atoms with Crippen LogP contribution in [0.4, 0.5) is 21.0 Å². The van der Waals surface area contributed by atoms with Crippen molar-refractivity contribution in [3.8, 4) is 0 Å². The van der Waals surface area contributed by atoms with E-state index in [1.54, 1.807) is 0 Å². The van der Waals surface area contributed by atoms with Crippen LogP contribution < -0.4 is 10.6 Å². The van der Waals surface area contributed by atoms with Crippen molar-refractivity contribution in [2.45, 2.75) is 78.7 Å². The number of hydrogen-bond donors (Lipinski definition) is 2. The second-order valence-corrected chi connectivity index (χ2v) is 16.3. The number of fused-ring (bicyclic) bond motifs is 22. The van der Waals surface area contributed by atoms with Gasteiger partial charge >= 0.3 is 12.2 Å². The monoisotopic (exact) mass is 769 g/mol. The molecule has 1 saturated heterocycles. The van der Waals surface area contributed by atoms with Gasteiger partial charge in [-0.2, -0.15) is 0 Å². The van der Waals surface area contributed by atoms with Crippen LogP contribution in [0.1, 0.15) is 65.5 Å². The van der Waals surface area contributed by atoms with Gasteiger partial charge in [-0.05, 0) is 89.8 Å². The third-order valence-electron chi connectivity index (χ3n) is 9.05. The standard InChI is InChI=1S/C42H68N6O7/c1-41(2,3)54-39(49)47-21-17-45-19-23-48(40(50)55-42(4,5)6)24-20-46(18-22-47)34-36-12-8-14-38(32-36)44-16-10-26-52-28-30-53-29-27-51-25-9-15-43-37-13-7-11-35(31-37)33-45/h7-8,11-14,31-32,43-44H,9-10,15-30,33-34H2,1-6H3. The Morgan fingerprint density at radius 3 is 1.27 bits per heavy atom. The highest BCUT2D eigenvalue weighted by molar-refractivity contribution is 5.68. The first-order valence-electron chi connectivity index (χ1n) is 20.1. The maximum Gasteiger partial charge on any atom is 0.410 e. The van der Waals surface area contributed by atoms with Gasteiger partial charge in [0.25, 0.3) is 0 Å². The van der Waals surface area contributed by atoms with Gasteiger partial charge in [-0.25, -0.2) is 9.59 Å². The molecule has 2 aromatic carbocycles. The van der Waals surface area contributed by atoms with Crippen LogP contribution in [0.2, 0.25) is 0 Å². The summed E-state index contributed by atoms with van der Waals surface area (Å²) in [7, 11) is 0. The van der Waals surface area contributed by atoms with Gasteiger partial charge < -0.3 is 44.1 Å². The number of rotatable bonds is 0. The Morgan fingerprint density at radius 2 is 0.909 bits per heavy atom. The molecule has 2 amide bonds. The van der Waals surface area contributed by atoms with Crippen LogP contribution in [0.15, 0.2) is 48.5 Å². The molecule has 2 N–H and O–H groups in total. The average Bonchev–Trinajstić information content (AvgIpc) is 3.10. The summed E-state index contributed by atoms with van der Waals surface area (Å²) in [6, 6.07) is 16.9. The molecule has 55 heavy (non-hydrogen) atoms. The number of benzene rings is 2. The van der Waals surface area contributed by atoms with Crippen molar-refractivity contribution in [2.24, 2.45) is 0 Å². The van der Waals surface area contributed by atoms with Crippen molar-refractivity contribution in [1.29, 1.82) is 0 Å². The number of amides is 2. The van der Waals surface area contributed by atoms with Gasteiger partial charge in [0.1, 0.15) is 11.2 Å². The molecule has 1 fully saturated rings. The van der Waals surface area contributed by atoms with Crippen molar-refractivity contribution in [2.75, 3.05) is 116 Å². The molecule has 5 rings (SSSR count). The average molecular weight is 769 g/mol. The van der Waals surface area contributed by atoms with Crippen LogP contribution >= 0.6 is 0 Å². The summed E-state index contributed by atoms with van der Waals surface area (Å²) in [4.78, 5) is 35.6. The first-order valence-corrected chi connectivity index (χ1v) is 20.1. The minimum Gasteiger partial charge on any atom is -0.444 e. The maximum absolute atomic E-state index is 13.6. The Morgan fingerprint density at radius 1 is 0.545 bits per heavy atom. The predicted molar refractivity (Wildman–Crippen MR) is 218 cm³/mol. The van der Waals surface area contributed by atoms with Crippen LogP contribution in [0, 0.1) is 0 Å². The van der Waals surface area contributed by atoms with Gasteiger partial charge in [0.05, 0.1) is 26.4 Å². The van der Waals surface area contributed by atoms with Gasteiger partial charge in [-0.15, -0.1) is 0 Å². The lowest BCUT2D eigenvalue weighted by molar-refractivity contribution is 0.0145. The maximum atomic E-state index is 13.6.